The zero-order valence-electron chi connectivity index (χ0n) is 15.1. The monoisotopic (exact) mass is 368 g/mol. The van der Waals surface area contributed by atoms with E-state index in [0.29, 0.717) is 0 Å². The average molecular weight is 368 g/mol. The highest BCUT2D eigenvalue weighted by Gasteiger charge is 2.29. The van der Waals surface area contributed by atoms with Crippen molar-refractivity contribution in [3.8, 4) is 5.75 Å². The molecule has 0 spiro atoms. The summed E-state index contributed by atoms with van der Waals surface area (Å²) in [4.78, 5) is 25.3. The Labute approximate surface area is 158 Å². The van der Waals surface area contributed by atoms with E-state index < -0.39 is 6.09 Å². The molecule has 27 heavy (non-hydrogen) atoms. The first kappa shape index (κ1) is 18.8. The second kappa shape index (κ2) is 9.07. The molecule has 2 amide bonds. The zero-order valence-corrected chi connectivity index (χ0v) is 15.1. The van der Waals surface area contributed by atoms with Gasteiger partial charge in [-0.05, 0) is 30.5 Å². The maximum atomic E-state index is 13.0. The lowest BCUT2D eigenvalue weighted by atomic mass is 9.88. The number of nitrogens with zero attached hydrogens (tertiary/aromatic N) is 1. The van der Waals surface area contributed by atoms with Gasteiger partial charge in [-0.2, -0.15) is 0 Å². The predicted octanol–water partition coefficient (Wildman–Crippen LogP) is 4.15. The normalized spacial score (nSPS) is 14.4. The topological polar surface area (TPSA) is 78.9 Å². The van der Waals surface area contributed by atoms with Crippen LogP contribution in [-0.2, 0) is 16.1 Å². The van der Waals surface area contributed by atoms with E-state index in [-0.39, 0.29) is 29.9 Å². The molecular weight excluding hydrogens is 344 g/mol. The van der Waals surface area contributed by atoms with Crippen LogP contribution < -0.4 is 10.4 Å². The summed E-state index contributed by atoms with van der Waals surface area (Å²) in [5, 5.41) is 11.3. The van der Waals surface area contributed by atoms with Crippen molar-refractivity contribution in [2.45, 2.75) is 38.7 Å². The molecule has 1 fully saturated rings. The third-order valence-electron chi connectivity index (χ3n) is 4.71. The van der Waals surface area contributed by atoms with E-state index in [9.17, 15) is 14.7 Å². The smallest absolute Gasteiger partial charge is 0.426 e. The number of para-hydroxylation sites is 2. The second-order valence-corrected chi connectivity index (χ2v) is 6.67. The molecule has 0 aromatic heterocycles. The molecule has 1 aliphatic carbocycles. The Morgan fingerprint density at radius 1 is 1.00 bits per heavy atom. The fourth-order valence-electron chi connectivity index (χ4n) is 3.27. The molecule has 0 atom stereocenters. The Kier molecular flexibility index (Phi) is 6.30. The van der Waals surface area contributed by atoms with Crippen LogP contribution in [0.4, 0.5) is 10.5 Å². The Balaban J connectivity index is 1.72. The fourth-order valence-corrected chi connectivity index (χ4v) is 3.27. The molecule has 0 bridgehead atoms. The van der Waals surface area contributed by atoms with Gasteiger partial charge in [-0.15, -0.1) is 0 Å². The third-order valence-corrected chi connectivity index (χ3v) is 4.71. The van der Waals surface area contributed by atoms with Crippen molar-refractivity contribution < 1.29 is 19.4 Å². The highest BCUT2D eigenvalue weighted by atomic mass is 16.6. The number of phenols is 1. The third kappa shape index (κ3) is 5.00. The summed E-state index contributed by atoms with van der Waals surface area (Å²) in [6.45, 7) is 0.0961. The minimum absolute atomic E-state index is 0.0787. The molecule has 1 aliphatic rings. The van der Waals surface area contributed by atoms with Crippen LogP contribution in [0.25, 0.3) is 0 Å². The predicted molar refractivity (Wildman–Crippen MR) is 102 cm³/mol. The Bertz CT molecular complexity index is 773. The van der Waals surface area contributed by atoms with Gasteiger partial charge in [0.05, 0.1) is 0 Å². The lowest BCUT2D eigenvalue weighted by molar-refractivity contribution is -0.124. The number of aromatic hydroxyl groups is 1. The maximum absolute atomic E-state index is 13.0. The summed E-state index contributed by atoms with van der Waals surface area (Å²) in [6, 6.07) is 15.7. The Morgan fingerprint density at radius 3 is 2.37 bits per heavy atom. The molecule has 2 aromatic rings. The van der Waals surface area contributed by atoms with E-state index in [4.69, 9.17) is 4.74 Å². The molecule has 0 radical (unpaired) electrons. The largest absolute Gasteiger partial charge is 0.506 e. The van der Waals surface area contributed by atoms with Gasteiger partial charge in [-0.3, -0.25) is 4.79 Å². The molecule has 2 aromatic carbocycles. The van der Waals surface area contributed by atoms with E-state index in [0.717, 1.165) is 42.7 Å². The van der Waals surface area contributed by atoms with Crippen LogP contribution in [0.3, 0.4) is 0 Å². The average Bonchev–Trinajstić information content (AvgIpc) is 2.72. The fraction of sp³-hybridized carbons (Fsp3) is 0.333. The molecule has 2 N–H and O–H groups in total. The standard InChI is InChI=1S/C21H24N2O4/c24-19-14-8-7-13-18(19)23(20(25)17-11-5-2-6-12-17)22-21(26)27-15-16-9-3-1-4-10-16/h1,3-4,7-10,13-14,17,24H,2,5-6,11-12,15H2,(H,22,26). The van der Waals surface area contributed by atoms with E-state index in [1.165, 1.54) is 6.07 Å². The van der Waals surface area contributed by atoms with Crippen LogP contribution in [0.1, 0.15) is 37.7 Å². The molecule has 0 saturated heterocycles. The van der Waals surface area contributed by atoms with E-state index in [1.54, 1.807) is 18.2 Å². The van der Waals surface area contributed by atoms with Gasteiger partial charge in [-0.1, -0.05) is 61.7 Å². The Hall–Kier alpha value is -3.02. The van der Waals surface area contributed by atoms with E-state index in [2.05, 4.69) is 5.43 Å². The Morgan fingerprint density at radius 2 is 1.67 bits per heavy atom. The number of nitrogens with one attached hydrogen (secondary N) is 1. The summed E-state index contributed by atoms with van der Waals surface area (Å²) >= 11 is 0. The van der Waals surface area contributed by atoms with Gasteiger partial charge < -0.3 is 9.84 Å². The summed E-state index contributed by atoms with van der Waals surface area (Å²) in [5.41, 5.74) is 3.59. The highest BCUT2D eigenvalue weighted by molar-refractivity contribution is 5.98. The number of rotatable bonds is 4. The molecule has 1 saturated carbocycles. The molecule has 0 heterocycles. The highest BCUT2D eigenvalue weighted by Crippen LogP contribution is 2.30. The molecule has 6 nitrogen and oxygen atoms in total. The number of carbonyl (C=O) groups is 2. The lowest BCUT2D eigenvalue weighted by Crippen LogP contribution is -2.49. The SMILES string of the molecule is O=C(NN(C(=O)C1CCCCC1)c1ccccc1O)OCc1ccccc1. The maximum Gasteiger partial charge on any atom is 0.426 e. The van der Waals surface area contributed by atoms with Gasteiger partial charge in [-0.25, -0.2) is 15.2 Å². The van der Waals surface area contributed by atoms with Gasteiger partial charge in [0.2, 0.25) is 5.91 Å². The first-order valence-electron chi connectivity index (χ1n) is 9.24. The van der Waals surface area contributed by atoms with Crippen LogP contribution in [0.5, 0.6) is 5.75 Å². The van der Waals surface area contributed by atoms with Gasteiger partial charge >= 0.3 is 6.09 Å². The first-order chi connectivity index (χ1) is 13.1. The number of ether oxygens (including phenoxy) is 1. The van der Waals surface area contributed by atoms with Crippen LogP contribution in [-0.4, -0.2) is 17.1 Å². The number of carbonyl (C=O) groups excluding carboxylic acids is 2. The van der Waals surface area contributed by atoms with Crippen molar-refractivity contribution in [1.82, 2.24) is 5.43 Å². The van der Waals surface area contributed by atoms with Crippen LogP contribution in [0.15, 0.2) is 54.6 Å². The number of benzene rings is 2. The van der Waals surface area contributed by atoms with Crippen molar-refractivity contribution in [2.24, 2.45) is 5.92 Å². The van der Waals surface area contributed by atoms with Gasteiger partial charge in [0.1, 0.15) is 18.0 Å². The minimum Gasteiger partial charge on any atom is -0.506 e. The number of hydrogen-bond donors (Lipinski definition) is 2. The molecule has 0 unspecified atom stereocenters. The molecule has 0 aliphatic heterocycles. The number of anilines is 1. The van der Waals surface area contributed by atoms with Crippen molar-refractivity contribution in [1.29, 1.82) is 0 Å². The van der Waals surface area contributed by atoms with Crippen molar-refractivity contribution in [3.63, 3.8) is 0 Å². The molecule has 142 valence electrons. The lowest BCUT2D eigenvalue weighted by Gasteiger charge is -2.29. The number of hydrazine groups is 1. The quantitative estimate of drug-likeness (QED) is 0.795. The summed E-state index contributed by atoms with van der Waals surface area (Å²) in [5.74, 6) is -0.481. The molecule has 6 heteroatoms. The van der Waals surface area contributed by atoms with E-state index >= 15 is 0 Å². The van der Waals surface area contributed by atoms with Gasteiger partial charge in [0, 0.05) is 5.92 Å². The second-order valence-electron chi connectivity index (χ2n) is 6.67. The van der Waals surface area contributed by atoms with Crippen molar-refractivity contribution in [3.05, 3.63) is 60.2 Å². The summed E-state index contributed by atoms with van der Waals surface area (Å²) in [6.07, 6.45) is 3.92. The zero-order chi connectivity index (χ0) is 19.1. The number of amides is 2. The summed E-state index contributed by atoms with van der Waals surface area (Å²) in [7, 11) is 0. The number of phenolic OH excluding ortho intramolecular Hbond substituents is 1. The molecule has 3 rings (SSSR count). The summed E-state index contributed by atoms with van der Waals surface area (Å²) < 4.78 is 5.23. The minimum atomic E-state index is -0.744. The number of hydrogen-bond acceptors (Lipinski definition) is 4. The van der Waals surface area contributed by atoms with Crippen molar-refractivity contribution in [2.75, 3.05) is 5.01 Å². The first-order valence-corrected chi connectivity index (χ1v) is 9.24. The van der Waals surface area contributed by atoms with Crippen LogP contribution in [0, 0.1) is 5.92 Å². The van der Waals surface area contributed by atoms with Crippen LogP contribution in [0.2, 0.25) is 0 Å². The van der Waals surface area contributed by atoms with Gasteiger partial charge in [0.15, 0.2) is 0 Å². The van der Waals surface area contributed by atoms with Crippen LogP contribution >= 0.6 is 0 Å². The van der Waals surface area contributed by atoms with Gasteiger partial charge in [0.25, 0.3) is 0 Å². The van der Waals surface area contributed by atoms with E-state index in [1.807, 2.05) is 30.3 Å². The molecular formula is C21H24N2O4. The van der Waals surface area contributed by atoms with Crippen molar-refractivity contribution >= 4 is 17.7 Å².